The molecule has 0 atom stereocenters. The lowest BCUT2D eigenvalue weighted by Gasteiger charge is -2.35. The zero-order valence-electron chi connectivity index (χ0n) is 16.9. The second kappa shape index (κ2) is 8.87. The molecule has 1 saturated heterocycles. The number of nitrogens with one attached hydrogen (secondary N) is 1. The van der Waals surface area contributed by atoms with Crippen LogP contribution in [0.3, 0.4) is 0 Å². The van der Waals surface area contributed by atoms with Crippen LogP contribution in [-0.2, 0) is 0 Å². The van der Waals surface area contributed by atoms with Crippen molar-refractivity contribution in [1.29, 1.82) is 0 Å². The molecule has 0 aliphatic carbocycles. The minimum atomic E-state index is 0.654. The minimum absolute atomic E-state index is 0.654. The Labute approximate surface area is 171 Å². The zero-order chi connectivity index (χ0) is 20.1. The summed E-state index contributed by atoms with van der Waals surface area (Å²) in [6, 6.07) is 14.2. The van der Waals surface area contributed by atoms with Gasteiger partial charge < -0.3 is 14.7 Å². The van der Waals surface area contributed by atoms with Crippen molar-refractivity contribution >= 4 is 23.5 Å². The third-order valence-corrected chi connectivity index (χ3v) is 4.88. The van der Waals surface area contributed by atoms with E-state index >= 15 is 0 Å². The SMILES string of the molecule is Cc1nc(Nc2cc(C)on2)cc(N2CCN(C/C=C/c3ccccc3)CC2)n1. The Morgan fingerprint density at radius 3 is 2.52 bits per heavy atom. The lowest BCUT2D eigenvalue weighted by molar-refractivity contribution is 0.283. The molecule has 7 heteroatoms. The van der Waals surface area contributed by atoms with Crippen molar-refractivity contribution in [2.24, 2.45) is 0 Å². The van der Waals surface area contributed by atoms with Crippen molar-refractivity contribution in [2.75, 3.05) is 42.9 Å². The Kier molecular flexibility index (Phi) is 5.86. The van der Waals surface area contributed by atoms with Gasteiger partial charge in [0.15, 0.2) is 5.82 Å². The summed E-state index contributed by atoms with van der Waals surface area (Å²) in [4.78, 5) is 13.9. The summed E-state index contributed by atoms with van der Waals surface area (Å²) in [6.07, 6.45) is 4.42. The molecule has 0 saturated carbocycles. The number of aromatic nitrogens is 3. The number of aryl methyl sites for hydroxylation is 2. The van der Waals surface area contributed by atoms with Crippen LogP contribution < -0.4 is 10.2 Å². The molecule has 0 amide bonds. The molecule has 4 rings (SSSR count). The van der Waals surface area contributed by atoms with E-state index in [9.17, 15) is 0 Å². The van der Waals surface area contributed by atoms with Gasteiger partial charge in [0, 0.05) is 44.9 Å². The van der Waals surface area contributed by atoms with Crippen LogP contribution in [0.2, 0.25) is 0 Å². The van der Waals surface area contributed by atoms with Crippen molar-refractivity contribution < 1.29 is 4.52 Å². The van der Waals surface area contributed by atoms with E-state index in [2.05, 4.69) is 66.7 Å². The summed E-state index contributed by atoms with van der Waals surface area (Å²) in [5.74, 6) is 3.82. The quantitative estimate of drug-likeness (QED) is 0.689. The molecule has 150 valence electrons. The molecule has 0 unspecified atom stereocenters. The van der Waals surface area contributed by atoms with Gasteiger partial charge in [-0.2, -0.15) is 0 Å². The van der Waals surface area contributed by atoms with E-state index in [-0.39, 0.29) is 0 Å². The third-order valence-electron chi connectivity index (χ3n) is 4.88. The van der Waals surface area contributed by atoms with E-state index in [4.69, 9.17) is 4.52 Å². The van der Waals surface area contributed by atoms with Crippen LogP contribution >= 0.6 is 0 Å². The van der Waals surface area contributed by atoms with E-state index < -0.39 is 0 Å². The zero-order valence-corrected chi connectivity index (χ0v) is 16.9. The molecule has 0 radical (unpaired) electrons. The van der Waals surface area contributed by atoms with Crippen LogP contribution in [0.4, 0.5) is 17.5 Å². The van der Waals surface area contributed by atoms with Gasteiger partial charge in [0.1, 0.15) is 23.2 Å². The second-order valence-corrected chi connectivity index (χ2v) is 7.21. The predicted molar refractivity (Wildman–Crippen MR) is 115 cm³/mol. The van der Waals surface area contributed by atoms with Crippen molar-refractivity contribution in [1.82, 2.24) is 20.0 Å². The summed E-state index contributed by atoms with van der Waals surface area (Å²) in [5.41, 5.74) is 1.24. The normalized spacial score (nSPS) is 15.2. The van der Waals surface area contributed by atoms with Crippen LogP contribution in [0.5, 0.6) is 0 Å². The van der Waals surface area contributed by atoms with Crippen LogP contribution in [0.1, 0.15) is 17.1 Å². The lowest BCUT2D eigenvalue weighted by atomic mass is 10.2. The maximum absolute atomic E-state index is 5.11. The maximum atomic E-state index is 5.11. The maximum Gasteiger partial charge on any atom is 0.175 e. The van der Waals surface area contributed by atoms with Crippen LogP contribution in [0.25, 0.3) is 6.08 Å². The molecule has 0 spiro atoms. The monoisotopic (exact) mass is 390 g/mol. The highest BCUT2D eigenvalue weighted by molar-refractivity contribution is 5.57. The number of hydrogen-bond acceptors (Lipinski definition) is 7. The highest BCUT2D eigenvalue weighted by atomic mass is 16.5. The molecule has 3 aromatic rings. The van der Waals surface area contributed by atoms with Gasteiger partial charge in [0.2, 0.25) is 0 Å². The van der Waals surface area contributed by atoms with Crippen molar-refractivity contribution in [3.05, 3.63) is 65.7 Å². The standard InChI is InChI=1S/C22H26N6O/c1-17-15-21(26-29-17)25-20-16-22(24-18(2)23-20)28-13-11-27(12-14-28)10-6-9-19-7-4-3-5-8-19/h3-9,15-16H,10-14H2,1-2H3,(H,23,24,25,26)/b9-6+. The Morgan fingerprint density at radius 2 is 1.79 bits per heavy atom. The Balaban J connectivity index is 1.34. The van der Waals surface area contributed by atoms with Gasteiger partial charge in [-0.1, -0.05) is 47.6 Å². The molecular weight excluding hydrogens is 364 g/mol. The topological polar surface area (TPSA) is 70.3 Å². The molecule has 1 aliphatic heterocycles. The van der Waals surface area contributed by atoms with Gasteiger partial charge in [-0.05, 0) is 19.4 Å². The number of rotatable bonds is 6. The van der Waals surface area contributed by atoms with Gasteiger partial charge in [0.05, 0.1) is 0 Å². The van der Waals surface area contributed by atoms with Gasteiger partial charge in [0.25, 0.3) is 0 Å². The first-order chi connectivity index (χ1) is 14.2. The molecular formula is C22H26N6O. The van der Waals surface area contributed by atoms with Crippen LogP contribution in [0, 0.1) is 13.8 Å². The molecule has 1 fully saturated rings. The average Bonchev–Trinajstić information content (AvgIpc) is 3.13. The molecule has 0 bridgehead atoms. The largest absolute Gasteiger partial charge is 0.360 e. The number of hydrogen-bond donors (Lipinski definition) is 1. The minimum Gasteiger partial charge on any atom is -0.360 e. The first kappa shape index (κ1) is 19.1. The number of benzene rings is 1. The summed E-state index contributed by atoms with van der Waals surface area (Å²) >= 11 is 0. The van der Waals surface area contributed by atoms with Crippen molar-refractivity contribution in [3.8, 4) is 0 Å². The highest BCUT2D eigenvalue weighted by Gasteiger charge is 2.18. The summed E-state index contributed by atoms with van der Waals surface area (Å²) < 4.78 is 5.11. The molecule has 3 heterocycles. The third kappa shape index (κ3) is 5.20. The van der Waals surface area contributed by atoms with Gasteiger partial charge >= 0.3 is 0 Å². The molecule has 1 aliphatic rings. The molecule has 7 nitrogen and oxygen atoms in total. The smallest absolute Gasteiger partial charge is 0.175 e. The lowest BCUT2D eigenvalue weighted by Crippen LogP contribution is -2.46. The molecule has 2 aromatic heterocycles. The first-order valence-corrected chi connectivity index (χ1v) is 9.91. The van der Waals surface area contributed by atoms with E-state index in [0.717, 1.165) is 55.9 Å². The van der Waals surface area contributed by atoms with Gasteiger partial charge in [-0.15, -0.1) is 0 Å². The second-order valence-electron chi connectivity index (χ2n) is 7.21. The van der Waals surface area contributed by atoms with E-state index in [1.54, 1.807) is 0 Å². The first-order valence-electron chi connectivity index (χ1n) is 9.91. The summed E-state index contributed by atoms with van der Waals surface area (Å²) in [6.45, 7) is 8.64. The molecule has 1 aromatic carbocycles. The Bertz CT molecular complexity index is 960. The average molecular weight is 390 g/mol. The number of piperazine rings is 1. The van der Waals surface area contributed by atoms with Gasteiger partial charge in [-0.3, -0.25) is 4.90 Å². The van der Waals surface area contributed by atoms with E-state index in [0.29, 0.717) is 5.82 Å². The van der Waals surface area contributed by atoms with E-state index in [1.165, 1.54) is 5.56 Å². The van der Waals surface area contributed by atoms with Crippen LogP contribution in [0.15, 0.2) is 53.1 Å². The molecule has 29 heavy (non-hydrogen) atoms. The molecule has 1 N–H and O–H groups in total. The highest BCUT2D eigenvalue weighted by Crippen LogP contribution is 2.21. The van der Waals surface area contributed by atoms with Crippen molar-refractivity contribution in [2.45, 2.75) is 13.8 Å². The predicted octanol–water partition coefficient (Wildman–Crippen LogP) is 3.66. The van der Waals surface area contributed by atoms with Gasteiger partial charge in [-0.25, -0.2) is 9.97 Å². The summed E-state index contributed by atoms with van der Waals surface area (Å²) in [7, 11) is 0. The van der Waals surface area contributed by atoms with E-state index in [1.807, 2.05) is 32.0 Å². The number of anilines is 3. The summed E-state index contributed by atoms with van der Waals surface area (Å²) in [5, 5.41) is 7.17. The number of nitrogens with zero attached hydrogens (tertiary/aromatic N) is 5. The Morgan fingerprint density at radius 1 is 1.00 bits per heavy atom. The fourth-order valence-corrected chi connectivity index (χ4v) is 3.40. The Hall–Kier alpha value is -3.19. The van der Waals surface area contributed by atoms with Crippen LogP contribution in [-0.4, -0.2) is 52.7 Å². The fourth-order valence-electron chi connectivity index (χ4n) is 3.40. The van der Waals surface area contributed by atoms with Crippen molar-refractivity contribution in [3.63, 3.8) is 0 Å². The fraction of sp³-hybridized carbons (Fsp3) is 0.318.